The summed E-state index contributed by atoms with van der Waals surface area (Å²) in [5.41, 5.74) is 0. The Labute approximate surface area is 109 Å². The Morgan fingerprint density at radius 3 is 0.875 bits per heavy atom. The predicted octanol–water partition coefficient (Wildman–Crippen LogP) is 0.165. The summed E-state index contributed by atoms with van der Waals surface area (Å²) in [7, 11) is -6.00. The van der Waals surface area contributed by atoms with Gasteiger partial charge in [-0.15, -0.1) is 0 Å². The van der Waals surface area contributed by atoms with Crippen molar-refractivity contribution in [2.45, 2.75) is 0 Å². The first-order valence-electron chi connectivity index (χ1n) is 0.873. The maximum atomic E-state index is 9.75. The van der Waals surface area contributed by atoms with E-state index >= 15 is 0 Å². The molecule has 0 aromatic heterocycles. The van der Waals surface area contributed by atoms with Gasteiger partial charge < -0.3 is 23.4 Å². The first kappa shape index (κ1) is 22.4. The zero-order chi connectivity index (χ0) is 4.50. The molecule has 0 saturated heterocycles. The minimum atomic E-state index is -6.00. The second-order valence-electron chi connectivity index (χ2n) is 0.495. The third-order valence-corrected chi connectivity index (χ3v) is 0. The monoisotopic (exact) mass is 168 g/mol. The molecule has 0 rings (SSSR count). The molecular weight excluding hydrogens is 163 g/mol. The van der Waals surface area contributed by atoms with Crippen LogP contribution in [-0.2, 0) is 0 Å². The van der Waals surface area contributed by atoms with Gasteiger partial charge in [0.1, 0.15) is 0 Å². The molecule has 0 aliphatic heterocycles. The molecule has 0 atom stereocenters. The Balaban J connectivity index is -0.0000000267. The van der Waals surface area contributed by atoms with E-state index in [1.54, 1.807) is 0 Å². The molecule has 0 aliphatic rings. The summed E-state index contributed by atoms with van der Waals surface area (Å²) in [6.07, 6.45) is 0. The van der Waals surface area contributed by atoms with Gasteiger partial charge in [-0.1, -0.05) is 0 Å². The van der Waals surface area contributed by atoms with E-state index in [0.29, 0.717) is 0 Å². The van der Waals surface area contributed by atoms with Crippen LogP contribution >= 0.6 is 0 Å². The normalized spacial score (nSPS) is 7.50. The van der Waals surface area contributed by atoms with Gasteiger partial charge in [-0.25, -0.2) is 0 Å². The van der Waals surface area contributed by atoms with Crippen molar-refractivity contribution in [3.05, 3.63) is 0 Å². The van der Waals surface area contributed by atoms with Crippen LogP contribution in [0.2, 0.25) is 0 Å². The third kappa shape index (κ3) is 80.5. The zero-order valence-corrected chi connectivity index (χ0v) is 2.80. The van der Waals surface area contributed by atoms with Gasteiger partial charge in [0.15, 0.2) is 0 Å². The quantitative estimate of drug-likeness (QED) is 0.405. The van der Waals surface area contributed by atoms with Crippen molar-refractivity contribution in [3.63, 3.8) is 0 Å². The minimum absolute atomic E-state index is 0. The molecule has 0 radical (unpaired) electrons. The fourth-order valence-electron chi connectivity index (χ4n) is 0. The topological polar surface area (TPSA) is 35.0 Å². The average Bonchev–Trinajstić information content (AvgIpc) is 0.722. The summed E-state index contributed by atoms with van der Waals surface area (Å²) in [5.74, 6) is 0. The van der Waals surface area contributed by atoms with Gasteiger partial charge >= 0.3 is 88.2 Å². The molecule has 0 unspecified atom stereocenters. The Morgan fingerprint density at radius 1 is 0.875 bits per heavy atom. The van der Waals surface area contributed by atoms with E-state index in [1.165, 1.54) is 0 Å². The van der Waals surface area contributed by atoms with Gasteiger partial charge in [-0.2, -0.15) is 0 Å². The van der Waals surface area contributed by atoms with E-state index in [0.717, 1.165) is 0 Å². The Morgan fingerprint density at radius 2 is 0.875 bits per heavy atom. The molecule has 0 bridgehead atoms. The van der Waals surface area contributed by atoms with Crippen LogP contribution in [0.15, 0.2) is 0 Å². The SMILES string of the molecule is F[B-](F)(F)F.N.[KH].[NaH]. The van der Waals surface area contributed by atoms with E-state index < -0.39 is 7.25 Å². The van der Waals surface area contributed by atoms with Gasteiger partial charge in [0.05, 0.1) is 0 Å². The van der Waals surface area contributed by atoms with Crippen molar-refractivity contribution >= 4 is 88.2 Å². The van der Waals surface area contributed by atoms with Gasteiger partial charge in [-0.05, 0) is 0 Å². The van der Waals surface area contributed by atoms with Crippen LogP contribution in [0, 0.1) is 0 Å². The standard InChI is InChI=1S/BF4.K.H3N.Na.2H/c2-1(3,4)5;;;;;/h;;1H3;;;/q-1;;;;;. The van der Waals surface area contributed by atoms with Gasteiger partial charge in [0.25, 0.3) is 0 Å². The summed E-state index contributed by atoms with van der Waals surface area (Å²) in [6, 6.07) is 0. The summed E-state index contributed by atoms with van der Waals surface area (Å²) in [5, 5.41) is 0. The number of halogens is 4. The summed E-state index contributed by atoms with van der Waals surface area (Å²) < 4.78 is 39.0. The number of rotatable bonds is 0. The first-order valence-corrected chi connectivity index (χ1v) is 0.873. The molecule has 0 aromatic rings. The number of hydrogen-bond donors (Lipinski definition) is 1. The molecule has 0 spiro atoms. The molecule has 0 aliphatic carbocycles. The van der Waals surface area contributed by atoms with Crippen molar-refractivity contribution in [1.29, 1.82) is 0 Å². The third-order valence-electron chi connectivity index (χ3n) is 0. The van der Waals surface area contributed by atoms with Crippen LogP contribution in [-0.4, -0.2) is 88.2 Å². The molecule has 8 heteroatoms. The number of hydrogen-bond acceptors (Lipinski definition) is 1. The first-order chi connectivity index (χ1) is 2.00. The van der Waals surface area contributed by atoms with Crippen LogP contribution in [0.25, 0.3) is 0 Å². The summed E-state index contributed by atoms with van der Waals surface area (Å²) in [4.78, 5) is 0. The van der Waals surface area contributed by atoms with Crippen LogP contribution in [0.5, 0.6) is 0 Å². The molecule has 0 amide bonds. The summed E-state index contributed by atoms with van der Waals surface area (Å²) >= 11 is 0. The predicted molar refractivity (Wildman–Crippen MR) is 29.5 cm³/mol. The molecule has 0 saturated carbocycles. The van der Waals surface area contributed by atoms with Gasteiger partial charge in [0.2, 0.25) is 0 Å². The van der Waals surface area contributed by atoms with Crippen LogP contribution in [0.3, 0.4) is 0 Å². The second-order valence-corrected chi connectivity index (χ2v) is 0.495. The molecular formula is H5BF4KNNa-. The zero-order valence-electron chi connectivity index (χ0n) is 2.80. The molecule has 0 heterocycles. The fourth-order valence-corrected chi connectivity index (χ4v) is 0. The van der Waals surface area contributed by atoms with Crippen LogP contribution < -0.4 is 6.15 Å². The molecule has 0 aromatic carbocycles. The molecule has 3 N–H and O–H groups in total. The van der Waals surface area contributed by atoms with E-state index in [9.17, 15) is 17.3 Å². The van der Waals surface area contributed by atoms with Gasteiger partial charge in [0, 0.05) is 0 Å². The molecule has 1 nitrogen and oxygen atoms in total. The van der Waals surface area contributed by atoms with Crippen molar-refractivity contribution in [1.82, 2.24) is 6.15 Å². The van der Waals surface area contributed by atoms with E-state index in [-0.39, 0.29) is 87.1 Å². The van der Waals surface area contributed by atoms with E-state index in [1.807, 2.05) is 0 Å². The van der Waals surface area contributed by atoms with E-state index in [4.69, 9.17) is 0 Å². The average molecular weight is 168 g/mol. The van der Waals surface area contributed by atoms with Crippen molar-refractivity contribution in [3.8, 4) is 0 Å². The molecule has 0 fully saturated rings. The van der Waals surface area contributed by atoms with Gasteiger partial charge in [-0.3, -0.25) is 0 Å². The van der Waals surface area contributed by atoms with Crippen LogP contribution in [0.4, 0.5) is 17.3 Å². The summed E-state index contributed by atoms with van der Waals surface area (Å²) in [6.45, 7) is 0. The Bertz CT molecular complexity index is 31.5. The van der Waals surface area contributed by atoms with Crippen molar-refractivity contribution in [2.75, 3.05) is 0 Å². The maximum absolute atomic E-state index is 9.75. The Hall–Kier alpha value is 2.38. The second kappa shape index (κ2) is 9.38. The fraction of sp³-hybridized carbons (Fsp3) is 0. The van der Waals surface area contributed by atoms with Crippen molar-refractivity contribution < 1.29 is 17.3 Å². The molecule has 8 heavy (non-hydrogen) atoms. The Kier molecular flexibility index (Phi) is 26.3. The van der Waals surface area contributed by atoms with Crippen molar-refractivity contribution in [2.24, 2.45) is 0 Å². The van der Waals surface area contributed by atoms with E-state index in [2.05, 4.69) is 0 Å². The molecule has 44 valence electrons. The van der Waals surface area contributed by atoms with Crippen LogP contribution in [0.1, 0.15) is 0 Å².